The second-order valence-corrected chi connectivity index (χ2v) is 7.07. The lowest BCUT2D eigenvalue weighted by atomic mass is 10.0. The second kappa shape index (κ2) is 9.60. The Balaban J connectivity index is 1.55. The first-order chi connectivity index (χ1) is 10.2. The molecule has 0 aliphatic carbocycles. The van der Waals surface area contributed by atoms with Crippen molar-refractivity contribution in [2.24, 2.45) is 0 Å². The van der Waals surface area contributed by atoms with Gasteiger partial charge in [0.15, 0.2) is 0 Å². The van der Waals surface area contributed by atoms with E-state index in [0.29, 0.717) is 0 Å². The van der Waals surface area contributed by atoms with Gasteiger partial charge in [-0.2, -0.15) is 0 Å². The Bertz CT molecular complexity index is 294. The largest absolute Gasteiger partial charge is 0.313 e. The highest BCUT2D eigenvalue weighted by Gasteiger charge is 2.18. The van der Waals surface area contributed by atoms with E-state index < -0.39 is 0 Å². The Morgan fingerprint density at radius 3 is 2.24 bits per heavy atom. The molecule has 2 rings (SSSR count). The summed E-state index contributed by atoms with van der Waals surface area (Å²) in [5.74, 6) is 0. The summed E-state index contributed by atoms with van der Waals surface area (Å²) in [6.45, 7) is 13.1. The van der Waals surface area contributed by atoms with Gasteiger partial charge in [-0.05, 0) is 65.7 Å². The van der Waals surface area contributed by atoms with Crippen molar-refractivity contribution in [3.8, 4) is 0 Å². The summed E-state index contributed by atoms with van der Waals surface area (Å²) in [4.78, 5) is 5.24. The molecule has 0 bridgehead atoms. The molecule has 21 heavy (non-hydrogen) atoms. The van der Waals surface area contributed by atoms with E-state index in [4.69, 9.17) is 0 Å². The summed E-state index contributed by atoms with van der Waals surface area (Å²) in [6.07, 6.45) is 10.7. The molecule has 1 N–H and O–H groups in total. The van der Waals surface area contributed by atoms with Crippen LogP contribution in [0.15, 0.2) is 11.6 Å². The fourth-order valence-corrected chi connectivity index (χ4v) is 3.42. The summed E-state index contributed by atoms with van der Waals surface area (Å²) in [5.41, 5.74) is 1.44. The van der Waals surface area contributed by atoms with E-state index in [-0.39, 0.29) is 0 Å². The van der Waals surface area contributed by atoms with Gasteiger partial charge in [-0.1, -0.05) is 24.5 Å². The molecule has 0 radical (unpaired) electrons. The van der Waals surface area contributed by atoms with Gasteiger partial charge in [-0.25, -0.2) is 0 Å². The van der Waals surface area contributed by atoms with Crippen molar-refractivity contribution in [1.29, 1.82) is 0 Å². The zero-order chi connectivity index (χ0) is 14.9. The monoisotopic (exact) mass is 293 g/mol. The van der Waals surface area contributed by atoms with E-state index in [1.165, 1.54) is 83.4 Å². The predicted molar refractivity (Wildman–Crippen MR) is 91.8 cm³/mol. The number of piperidine rings is 1. The average molecular weight is 293 g/mol. The van der Waals surface area contributed by atoms with Crippen LogP contribution in [0.5, 0.6) is 0 Å². The van der Waals surface area contributed by atoms with Gasteiger partial charge in [0.05, 0.1) is 0 Å². The molecule has 2 heterocycles. The Morgan fingerprint density at radius 1 is 0.952 bits per heavy atom. The Labute approximate surface area is 131 Å². The Hall–Kier alpha value is -0.380. The maximum Gasteiger partial charge on any atom is 0.0165 e. The number of allylic oxidation sites excluding steroid dienone is 1. The zero-order valence-corrected chi connectivity index (χ0v) is 14.2. The molecule has 122 valence electrons. The molecule has 2 aliphatic heterocycles. The maximum absolute atomic E-state index is 3.79. The number of hydrogen-bond donors (Lipinski definition) is 1. The van der Waals surface area contributed by atoms with Crippen LogP contribution in [0.3, 0.4) is 0 Å². The SMILES string of the molecule is CC(C)=CCN1CCC(NCCN2CCCCCC2)CC1. The van der Waals surface area contributed by atoms with E-state index in [1.807, 2.05) is 0 Å². The normalized spacial score (nSPS) is 23.0. The van der Waals surface area contributed by atoms with Gasteiger partial charge in [-0.3, -0.25) is 4.90 Å². The van der Waals surface area contributed by atoms with E-state index in [0.717, 1.165) is 12.6 Å². The van der Waals surface area contributed by atoms with Crippen molar-refractivity contribution in [3.05, 3.63) is 11.6 Å². The summed E-state index contributed by atoms with van der Waals surface area (Å²) in [6, 6.07) is 0.750. The lowest BCUT2D eigenvalue weighted by molar-refractivity contribution is 0.207. The average Bonchev–Trinajstić information content (AvgIpc) is 2.75. The molecule has 0 unspecified atom stereocenters. The first kappa shape index (κ1) is 17.0. The van der Waals surface area contributed by atoms with Crippen LogP contribution in [0.1, 0.15) is 52.4 Å². The van der Waals surface area contributed by atoms with E-state index in [9.17, 15) is 0 Å². The molecule has 3 nitrogen and oxygen atoms in total. The van der Waals surface area contributed by atoms with Crippen LogP contribution in [-0.2, 0) is 0 Å². The zero-order valence-electron chi connectivity index (χ0n) is 14.2. The number of likely N-dealkylation sites (tertiary alicyclic amines) is 2. The smallest absolute Gasteiger partial charge is 0.0165 e. The van der Waals surface area contributed by atoms with Gasteiger partial charge < -0.3 is 10.2 Å². The molecule has 0 aromatic rings. The van der Waals surface area contributed by atoms with E-state index >= 15 is 0 Å². The third-order valence-electron chi connectivity index (χ3n) is 4.91. The van der Waals surface area contributed by atoms with Gasteiger partial charge >= 0.3 is 0 Å². The lowest BCUT2D eigenvalue weighted by Gasteiger charge is -2.32. The van der Waals surface area contributed by atoms with Gasteiger partial charge in [-0.15, -0.1) is 0 Å². The molecule has 0 aromatic heterocycles. The van der Waals surface area contributed by atoms with Gasteiger partial charge in [0.2, 0.25) is 0 Å². The summed E-state index contributed by atoms with van der Waals surface area (Å²) >= 11 is 0. The van der Waals surface area contributed by atoms with E-state index in [2.05, 4.69) is 35.0 Å². The first-order valence-electron chi connectivity index (χ1n) is 9.05. The topological polar surface area (TPSA) is 18.5 Å². The summed E-state index contributed by atoms with van der Waals surface area (Å²) in [5, 5.41) is 3.79. The molecule has 0 saturated carbocycles. The number of hydrogen-bond acceptors (Lipinski definition) is 3. The number of nitrogens with zero attached hydrogens (tertiary/aromatic N) is 2. The minimum atomic E-state index is 0.750. The Kier molecular flexibility index (Phi) is 7.76. The summed E-state index contributed by atoms with van der Waals surface area (Å²) in [7, 11) is 0. The van der Waals surface area contributed by atoms with Crippen molar-refractivity contribution in [3.63, 3.8) is 0 Å². The molecule has 0 spiro atoms. The van der Waals surface area contributed by atoms with Gasteiger partial charge in [0.25, 0.3) is 0 Å². The highest BCUT2D eigenvalue weighted by Crippen LogP contribution is 2.11. The van der Waals surface area contributed by atoms with Crippen LogP contribution in [-0.4, -0.2) is 61.7 Å². The van der Waals surface area contributed by atoms with Crippen molar-refractivity contribution < 1.29 is 0 Å². The molecular weight excluding hydrogens is 258 g/mol. The predicted octanol–water partition coefficient (Wildman–Crippen LogP) is 2.88. The fraction of sp³-hybridized carbons (Fsp3) is 0.889. The minimum absolute atomic E-state index is 0.750. The molecule has 2 fully saturated rings. The van der Waals surface area contributed by atoms with E-state index in [1.54, 1.807) is 0 Å². The second-order valence-electron chi connectivity index (χ2n) is 7.07. The molecule has 0 atom stereocenters. The van der Waals surface area contributed by atoms with Crippen molar-refractivity contribution in [1.82, 2.24) is 15.1 Å². The van der Waals surface area contributed by atoms with Crippen LogP contribution in [0, 0.1) is 0 Å². The quantitative estimate of drug-likeness (QED) is 0.760. The van der Waals surface area contributed by atoms with Crippen LogP contribution < -0.4 is 5.32 Å². The molecule has 2 aliphatic rings. The van der Waals surface area contributed by atoms with Gasteiger partial charge in [0.1, 0.15) is 0 Å². The van der Waals surface area contributed by atoms with Crippen molar-refractivity contribution in [2.45, 2.75) is 58.4 Å². The third-order valence-corrected chi connectivity index (χ3v) is 4.91. The third kappa shape index (κ3) is 6.94. The molecule has 0 aromatic carbocycles. The van der Waals surface area contributed by atoms with Crippen LogP contribution in [0.2, 0.25) is 0 Å². The summed E-state index contributed by atoms with van der Waals surface area (Å²) < 4.78 is 0. The molecule has 3 heteroatoms. The Morgan fingerprint density at radius 2 is 1.62 bits per heavy atom. The minimum Gasteiger partial charge on any atom is -0.313 e. The van der Waals surface area contributed by atoms with Crippen LogP contribution >= 0.6 is 0 Å². The molecule has 0 amide bonds. The van der Waals surface area contributed by atoms with Gasteiger partial charge in [0, 0.05) is 25.7 Å². The maximum atomic E-state index is 3.79. The van der Waals surface area contributed by atoms with Crippen molar-refractivity contribution >= 4 is 0 Å². The lowest BCUT2D eigenvalue weighted by Crippen LogP contribution is -2.44. The highest BCUT2D eigenvalue weighted by atomic mass is 15.2. The standard InChI is InChI=1S/C18H35N3/c1-17(2)7-13-21-14-8-18(9-15-21)19-10-16-20-11-5-3-4-6-12-20/h7,18-19H,3-6,8-16H2,1-2H3. The van der Waals surface area contributed by atoms with Crippen LogP contribution in [0.4, 0.5) is 0 Å². The van der Waals surface area contributed by atoms with Crippen LogP contribution in [0.25, 0.3) is 0 Å². The number of nitrogens with one attached hydrogen (secondary N) is 1. The number of rotatable bonds is 6. The molecule has 2 saturated heterocycles. The highest BCUT2D eigenvalue weighted by molar-refractivity contribution is 4.95. The van der Waals surface area contributed by atoms with Crippen molar-refractivity contribution in [2.75, 3.05) is 45.8 Å². The first-order valence-corrected chi connectivity index (χ1v) is 9.05. The molecular formula is C18H35N3. The fourth-order valence-electron chi connectivity index (χ4n) is 3.42.